The summed E-state index contributed by atoms with van der Waals surface area (Å²) in [4.78, 5) is 18.5. The molecular weight excluding hydrogens is 254 g/mol. The fourth-order valence-corrected chi connectivity index (χ4v) is 2.29. The van der Waals surface area contributed by atoms with Gasteiger partial charge in [0.1, 0.15) is 11.3 Å². The van der Waals surface area contributed by atoms with E-state index in [9.17, 15) is 4.79 Å². The second-order valence-electron chi connectivity index (χ2n) is 4.68. The van der Waals surface area contributed by atoms with Crippen LogP contribution in [-0.4, -0.2) is 21.0 Å². The van der Waals surface area contributed by atoms with Crippen LogP contribution in [0, 0.1) is 5.92 Å². The molecule has 1 aromatic heterocycles. The number of halogens is 1. The minimum Gasteiger partial charge on any atom is -0.478 e. The first-order valence-electron chi connectivity index (χ1n) is 5.76. The molecule has 0 radical (unpaired) electrons. The molecule has 1 saturated carbocycles. The number of hydrogen-bond acceptors (Lipinski definition) is 3. The molecule has 5 nitrogen and oxygen atoms in total. The first kappa shape index (κ1) is 11.3. The summed E-state index contributed by atoms with van der Waals surface area (Å²) < 4.78 is 0. The molecule has 1 fully saturated rings. The predicted octanol–water partition coefficient (Wildman–Crippen LogP) is 2.45. The molecule has 0 amide bonds. The summed E-state index contributed by atoms with van der Waals surface area (Å²) in [5.41, 5.74) is 6.96. The highest BCUT2D eigenvalue weighted by molar-refractivity contribution is 6.38. The number of fused-ring (bicyclic) bond motifs is 1. The van der Waals surface area contributed by atoms with Crippen LogP contribution in [-0.2, 0) is 6.42 Å². The zero-order valence-electron chi connectivity index (χ0n) is 9.53. The van der Waals surface area contributed by atoms with Gasteiger partial charge in [-0.25, -0.2) is 9.78 Å². The summed E-state index contributed by atoms with van der Waals surface area (Å²) in [6, 6.07) is 1.49. The molecule has 18 heavy (non-hydrogen) atoms. The van der Waals surface area contributed by atoms with Gasteiger partial charge in [0, 0.05) is 6.42 Å². The lowest BCUT2D eigenvalue weighted by atomic mass is 10.1. The van der Waals surface area contributed by atoms with Crippen molar-refractivity contribution >= 4 is 34.3 Å². The summed E-state index contributed by atoms with van der Waals surface area (Å²) in [7, 11) is 0. The van der Waals surface area contributed by atoms with Crippen LogP contribution in [0.15, 0.2) is 6.07 Å². The number of H-pyrrole nitrogens is 1. The second-order valence-corrected chi connectivity index (χ2v) is 5.06. The Labute approximate surface area is 108 Å². The number of anilines is 1. The van der Waals surface area contributed by atoms with Crippen LogP contribution in [0.5, 0.6) is 0 Å². The highest BCUT2D eigenvalue weighted by atomic mass is 35.5. The Morgan fingerprint density at radius 2 is 2.33 bits per heavy atom. The molecule has 1 heterocycles. The largest absolute Gasteiger partial charge is 0.478 e. The molecule has 1 aromatic carbocycles. The molecule has 4 N–H and O–H groups in total. The van der Waals surface area contributed by atoms with Gasteiger partial charge >= 0.3 is 5.97 Å². The Morgan fingerprint density at radius 3 is 2.94 bits per heavy atom. The van der Waals surface area contributed by atoms with E-state index in [1.54, 1.807) is 0 Å². The topological polar surface area (TPSA) is 92.0 Å². The number of benzene rings is 1. The van der Waals surface area contributed by atoms with Crippen LogP contribution in [0.1, 0.15) is 29.0 Å². The summed E-state index contributed by atoms with van der Waals surface area (Å²) in [5, 5.41) is 9.25. The maximum Gasteiger partial charge on any atom is 0.337 e. The molecule has 1 aliphatic carbocycles. The first-order valence-corrected chi connectivity index (χ1v) is 6.14. The molecule has 0 spiro atoms. The molecule has 3 rings (SSSR count). The fourth-order valence-electron chi connectivity index (χ4n) is 2.05. The predicted molar refractivity (Wildman–Crippen MR) is 68.9 cm³/mol. The van der Waals surface area contributed by atoms with E-state index in [0.717, 1.165) is 12.2 Å². The van der Waals surface area contributed by atoms with Gasteiger partial charge in [-0.15, -0.1) is 0 Å². The number of nitrogens with zero attached hydrogens (tertiary/aromatic N) is 1. The zero-order chi connectivity index (χ0) is 12.9. The number of imidazole rings is 1. The van der Waals surface area contributed by atoms with Gasteiger partial charge in [-0.2, -0.15) is 0 Å². The zero-order valence-corrected chi connectivity index (χ0v) is 10.3. The third kappa shape index (κ3) is 1.80. The Balaban J connectivity index is 2.13. The van der Waals surface area contributed by atoms with Crippen molar-refractivity contribution in [2.24, 2.45) is 5.92 Å². The lowest BCUT2D eigenvalue weighted by molar-refractivity contribution is 0.0698. The molecule has 0 aliphatic heterocycles. The Morgan fingerprint density at radius 1 is 1.61 bits per heavy atom. The molecule has 0 unspecified atom stereocenters. The van der Waals surface area contributed by atoms with Crippen LogP contribution >= 0.6 is 11.6 Å². The molecule has 0 bridgehead atoms. The first-order chi connectivity index (χ1) is 8.56. The number of carboxylic acid groups (broad SMARTS) is 1. The highest BCUT2D eigenvalue weighted by Gasteiger charge is 2.24. The lowest BCUT2D eigenvalue weighted by Crippen LogP contribution is -2.03. The third-order valence-electron chi connectivity index (χ3n) is 3.21. The van der Waals surface area contributed by atoms with Crippen molar-refractivity contribution in [3.63, 3.8) is 0 Å². The van der Waals surface area contributed by atoms with Crippen LogP contribution in [0.25, 0.3) is 11.0 Å². The van der Waals surface area contributed by atoms with Gasteiger partial charge in [0.2, 0.25) is 0 Å². The van der Waals surface area contributed by atoms with Gasteiger partial charge in [0.05, 0.1) is 21.8 Å². The highest BCUT2D eigenvalue weighted by Crippen LogP contribution is 2.35. The van der Waals surface area contributed by atoms with Crippen molar-refractivity contribution in [3.05, 3.63) is 22.5 Å². The number of aromatic amines is 1. The van der Waals surface area contributed by atoms with E-state index in [1.807, 2.05) is 0 Å². The third-order valence-corrected chi connectivity index (χ3v) is 3.60. The number of carboxylic acids is 1. The van der Waals surface area contributed by atoms with Gasteiger partial charge in [-0.3, -0.25) is 0 Å². The number of nitrogen functional groups attached to an aromatic ring is 1. The number of rotatable bonds is 3. The average molecular weight is 266 g/mol. The number of aromatic carboxylic acids is 1. The smallest absolute Gasteiger partial charge is 0.337 e. The van der Waals surface area contributed by atoms with Gasteiger partial charge in [-0.1, -0.05) is 11.6 Å². The van der Waals surface area contributed by atoms with Crippen molar-refractivity contribution in [2.75, 3.05) is 5.73 Å². The summed E-state index contributed by atoms with van der Waals surface area (Å²) in [6.07, 6.45) is 3.34. The summed E-state index contributed by atoms with van der Waals surface area (Å²) >= 11 is 6.07. The molecule has 6 heteroatoms. The van der Waals surface area contributed by atoms with E-state index in [-0.39, 0.29) is 16.3 Å². The molecule has 94 valence electrons. The van der Waals surface area contributed by atoms with E-state index in [0.29, 0.717) is 17.0 Å². The minimum absolute atomic E-state index is 0.00845. The number of aromatic nitrogens is 2. The number of nitrogens with two attached hydrogens (primary N) is 1. The fraction of sp³-hybridized carbons (Fsp3) is 0.333. The van der Waals surface area contributed by atoms with Crippen LogP contribution in [0.3, 0.4) is 0 Å². The Kier molecular flexibility index (Phi) is 2.45. The Bertz CT molecular complexity index is 646. The van der Waals surface area contributed by atoms with E-state index in [1.165, 1.54) is 18.9 Å². The van der Waals surface area contributed by atoms with E-state index >= 15 is 0 Å². The maximum absolute atomic E-state index is 11.0. The maximum atomic E-state index is 11.0. The molecule has 0 atom stereocenters. The average Bonchev–Trinajstić information content (AvgIpc) is 3.02. The monoisotopic (exact) mass is 265 g/mol. The quantitative estimate of drug-likeness (QED) is 0.743. The normalized spacial score (nSPS) is 15.2. The number of hydrogen-bond donors (Lipinski definition) is 3. The summed E-state index contributed by atoms with van der Waals surface area (Å²) in [6.45, 7) is 0. The van der Waals surface area contributed by atoms with Gasteiger partial charge in [0.15, 0.2) is 0 Å². The van der Waals surface area contributed by atoms with Gasteiger partial charge in [-0.05, 0) is 24.8 Å². The molecule has 0 saturated heterocycles. The molecule has 1 aliphatic rings. The van der Waals surface area contributed by atoms with Crippen molar-refractivity contribution in [2.45, 2.75) is 19.3 Å². The van der Waals surface area contributed by atoms with Crippen molar-refractivity contribution in [3.8, 4) is 0 Å². The van der Waals surface area contributed by atoms with E-state index in [4.69, 9.17) is 22.4 Å². The second kappa shape index (κ2) is 3.88. The number of carbonyl (C=O) groups is 1. The molecule has 2 aromatic rings. The minimum atomic E-state index is -1.09. The van der Waals surface area contributed by atoms with E-state index < -0.39 is 5.97 Å². The van der Waals surface area contributed by atoms with Crippen LogP contribution < -0.4 is 5.73 Å². The van der Waals surface area contributed by atoms with Crippen molar-refractivity contribution in [1.29, 1.82) is 0 Å². The SMILES string of the molecule is Nc1c(C(=O)O)cc2[nH]c(CC3CC3)nc2c1Cl. The van der Waals surface area contributed by atoms with Gasteiger partial charge in [0.25, 0.3) is 0 Å². The van der Waals surface area contributed by atoms with Gasteiger partial charge < -0.3 is 15.8 Å². The lowest BCUT2D eigenvalue weighted by Gasteiger charge is -2.03. The van der Waals surface area contributed by atoms with Crippen LogP contribution in [0.2, 0.25) is 5.02 Å². The standard InChI is InChI=1S/C12H12ClN3O2/c13-9-10(14)6(12(17)18)4-7-11(9)16-8(15-7)3-5-1-2-5/h4-5H,1-3,14H2,(H,15,16)(H,17,18). The number of nitrogens with one attached hydrogen (secondary N) is 1. The molecular formula is C12H12ClN3O2. The van der Waals surface area contributed by atoms with Crippen molar-refractivity contribution in [1.82, 2.24) is 9.97 Å². The van der Waals surface area contributed by atoms with Crippen LogP contribution in [0.4, 0.5) is 5.69 Å². The van der Waals surface area contributed by atoms with Crippen molar-refractivity contribution < 1.29 is 9.90 Å². The Hall–Kier alpha value is -1.75. The van der Waals surface area contributed by atoms with E-state index in [2.05, 4.69) is 9.97 Å². The summed E-state index contributed by atoms with van der Waals surface area (Å²) in [5.74, 6) is 0.451.